The van der Waals surface area contributed by atoms with Crippen LogP contribution >= 0.6 is 0 Å². The van der Waals surface area contributed by atoms with Crippen molar-refractivity contribution in [1.82, 2.24) is 0 Å². The van der Waals surface area contributed by atoms with Gasteiger partial charge in [0.15, 0.2) is 0 Å². The zero-order valence-corrected chi connectivity index (χ0v) is 21.1. The Morgan fingerprint density at radius 3 is 2.58 bits per heavy atom. The van der Waals surface area contributed by atoms with Gasteiger partial charge in [0.25, 0.3) is 11.2 Å². The number of benzene rings is 3. The van der Waals surface area contributed by atoms with Gasteiger partial charge in [0.1, 0.15) is 6.54 Å². The maximum absolute atomic E-state index is 11.6. The van der Waals surface area contributed by atoms with Crippen molar-refractivity contribution in [1.29, 1.82) is 0 Å². The van der Waals surface area contributed by atoms with Gasteiger partial charge in [-0.15, -0.1) is 0 Å². The van der Waals surface area contributed by atoms with E-state index in [2.05, 4.69) is 66.6 Å². The number of hydrogen-bond donors (Lipinski definition) is 0. The lowest BCUT2D eigenvalue weighted by Gasteiger charge is -2.29. The summed E-state index contributed by atoms with van der Waals surface area (Å²) in [6.07, 6.45) is 6.84. The lowest BCUT2D eigenvalue weighted by molar-refractivity contribution is -0.674. The van der Waals surface area contributed by atoms with Crippen molar-refractivity contribution in [2.45, 2.75) is 39.2 Å². The average molecular weight is 481 g/mol. The topological polar surface area (TPSA) is 63.4 Å². The van der Waals surface area contributed by atoms with E-state index in [4.69, 9.17) is 4.42 Å². The van der Waals surface area contributed by atoms with Crippen molar-refractivity contribution in [3.63, 3.8) is 0 Å². The van der Waals surface area contributed by atoms with Crippen LogP contribution in [0.1, 0.15) is 36.4 Å². The van der Waals surface area contributed by atoms with Crippen molar-refractivity contribution < 1.29 is 13.9 Å². The van der Waals surface area contributed by atoms with Crippen molar-refractivity contribution in [2.24, 2.45) is 0 Å². The number of aryl methyl sites for hydroxylation is 2. The van der Waals surface area contributed by atoms with E-state index >= 15 is 0 Å². The highest BCUT2D eigenvalue weighted by Gasteiger charge is 2.43. The summed E-state index contributed by atoms with van der Waals surface area (Å²) in [4.78, 5) is 13.4. The number of allylic oxidation sites excluding steroid dienone is 3. The molecule has 1 aromatic heterocycles. The summed E-state index contributed by atoms with van der Waals surface area (Å²) < 4.78 is 8.25. The molecule has 0 amide bonds. The fourth-order valence-electron chi connectivity index (χ4n) is 5.33. The molecule has 0 aliphatic carbocycles. The van der Waals surface area contributed by atoms with Crippen LogP contribution in [0.5, 0.6) is 0 Å². The largest absolute Gasteiger partial charge is 0.398 e. The Morgan fingerprint density at radius 2 is 1.86 bits per heavy atom. The molecule has 0 bridgehead atoms. The minimum atomic E-state index is -0.440. The van der Waals surface area contributed by atoms with Gasteiger partial charge in [-0.25, -0.2) is 0 Å². The molecule has 5 rings (SSSR count). The van der Waals surface area contributed by atoms with Gasteiger partial charge in [-0.05, 0) is 56.5 Å². The first-order valence-corrected chi connectivity index (χ1v) is 12.2. The fraction of sp³-hybridized carbons (Fsp3) is 0.233. The summed E-state index contributed by atoms with van der Waals surface area (Å²) in [5.74, 6) is 0.782. The van der Waals surface area contributed by atoms with E-state index in [1.165, 1.54) is 11.1 Å². The second-order valence-electron chi connectivity index (χ2n) is 9.58. The van der Waals surface area contributed by atoms with Crippen LogP contribution in [0, 0.1) is 17.0 Å². The third-order valence-corrected chi connectivity index (χ3v) is 7.20. The highest BCUT2D eigenvalue weighted by molar-refractivity contribution is 5.73. The molecule has 2 heterocycles. The van der Waals surface area contributed by atoms with E-state index in [0.717, 1.165) is 46.9 Å². The summed E-state index contributed by atoms with van der Waals surface area (Å²) in [7, 11) is 2.03. The van der Waals surface area contributed by atoms with Crippen LogP contribution < -0.4 is 9.47 Å². The van der Waals surface area contributed by atoms with Crippen molar-refractivity contribution in [3.8, 4) is 0 Å². The van der Waals surface area contributed by atoms with E-state index in [1.807, 2.05) is 43.5 Å². The summed E-state index contributed by atoms with van der Waals surface area (Å²) in [5.41, 5.74) is 7.01. The smallest absolute Gasteiger partial charge is 0.374 e. The van der Waals surface area contributed by atoms with Gasteiger partial charge in [0.2, 0.25) is 5.58 Å². The Hall–Kier alpha value is -4.19. The molecule has 1 unspecified atom stereocenters. The van der Waals surface area contributed by atoms with Crippen LogP contribution in [0.15, 0.2) is 89.0 Å². The van der Waals surface area contributed by atoms with Crippen LogP contribution in [0.25, 0.3) is 17.2 Å². The highest BCUT2D eigenvalue weighted by Crippen LogP contribution is 2.50. The van der Waals surface area contributed by atoms with Gasteiger partial charge < -0.3 is 9.32 Å². The molecule has 0 saturated heterocycles. The number of likely N-dealkylation sites (N-methyl/N-ethyl adjacent to an activating group) is 1. The average Bonchev–Trinajstić information content (AvgIpc) is 3.33. The zero-order valence-electron chi connectivity index (χ0n) is 21.1. The quantitative estimate of drug-likeness (QED) is 0.179. The molecule has 1 aliphatic rings. The van der Waals surface area contributed by atoms with Crippen LogP contribution in [0.2, 0.25) is 0 Å². The molecule has 0 fully saturated rings. The SMILES string of the molecule is CC[n+]1c(C=CC=C2N(C)c3ccc([N+](=O)[O-])cc3C2(C)Cc2ccc(C)cc2)oc2ccccc21. The monoisotopic (exact) mass is 480 g/mol. The fourth-order valence-corrected chi connectivity index (χ4v) is 5.33. The van der Waals surface area contributed by atoms with Gasteiger partial charge in [0.05, 0.1) is 11.0 Å². The van der Waals surface area contributed by atoms with E-state index in [9.17, 15) is 10.1 Å². The number of para-hydroxylation sites is 2. The molecule has 0 spiro atoms. The Morgan fingerprint density at radius 1 is 1.11 bits per heavy atom. The van der Waals surface area contributed by atoms with Crippen LogP contribution in [-0.4, -0.2) is 12.0 Å². The summed E-state index contributed by atoms with van der Waals surface area (Å²) in [5, 5.41) is 11.6. The minimum Gasteiger partial charge on any atom is -0.398 e. The van der Waals surface area contributed by atoms with Crippen molar-refractivity contribution >= 4 is 28.6 Å². The molecule has 6 nitrogen and oxygen atoms in total. The number of oxazole rings is 1. The van der Waals surface area contributed by atoms with Crippen molar-refractivity contribution in [3.05, 3.63) is 117 Å². The number of nitro benzene ring substituents is 1. The summed E-state index contributed by atoms with van der Waals surface area (Å²) in [6.45, 7) is 7.15. The molecule has 6 heteroatoms. The maximum atomic E-state index is 11.6. The zero-order chi connectivity index (χ0) is 25.4. The van der Waals surface area contributed by atoms with Crippen molar-refractivity contribution in [2.75, 3.05) is 11.9 Å². The number of non-ortho nitro benzene ring substituents is 1. The van der Waals surface area contributed by atoms with Crippen LogP contribution in [0.3, 0.4) is 0 Å². The number of nitrogens with zero attached hydrogens (tertiary/aromatic N) is 3. The molecule has 0 radical (unpaired) electrons. The molecular weight excluding hydrogens is 450 g/mol. The predicted octanol–water partition coefficient (Wildman–Crippen LogP) is 6.50. The summed E-state index contributed by atoms with van der Waals surface area (Å²) >= 11 is 0. The molecule has 182 valence electrons. The molecule has 3 aromatic carbocycles. The molecule has 4 aromatic rings. The number of anilines is 1. The van der Waals surface area contributed by atoms with Gasteiger partial charge in [-0.1, -0.05) is 48.0 Å². The van der Waals surface area contributed by atoms with Crippen LogP contribution in [-0.2, 0) is 18.4 Å². The van der Waals surface area contributed by atoms with Gasteiger partial charge in [-0.3, -0.25) is 10.1 Å². The number of aromatic nitrogens is 1. The Kier molecular flexibility index (Phi) is 5.96. The predicted molar refractivity (Wildman–Crippen MR) is 143 cm³/mol. The molecule has 36 heavy (non-hydrogen) atoms. The molecule has 1 aliphatic heterocycles. The van der Waals surface area contributed by atoms with E-state index < -0.39 is 5.41 Å². The number of hydrogen-bond acceptors (Lipinski definition) is 4. The second-order valence-corrected chi connectivity index (χ2v) is 9.58. The van der Waals surface area contributed by atoms with E-state index in [-0.39, 0.29) is 10.6 Å². The molecule has 1 atom stereocenters. The first kappa shape index (κ1) is 23.5. The lowest BCUT2D eigenvalue weighted by Crippen LogP contribution is -2.33. The lowest BCUT2D eigenvalue weighted by atomic mass is 9.76. The van der Waals surface area contributed by atoms with Gasteiger partial charge in [-0.2, -0.15) is 4.57 Å². The van der Waals surface area contributed by atoms with Crippen LogP contribution in [0.4, 0.5) is 11.4 Å². The standard InChI is InChI=1S/C30H30N3O3/c1-5-32-26-9-6-7-10-27(26)36-29(32)12-8-11-28-30(3,20-22-15-13-21(2)14-16-22)24-19-23(33(34)35)17-18-25(24)31(28)4/h6-19H,5,20H2,1-4H3/q+1. The third-order valence-electron chi connectivity index (χ3n) is 7.20. The molecular formula is C30H30N3O3+. The first-order valence-electron chi connectivity index (χ1n) is 12.2. The number of rotatable bonds is 6. The maximum Gasteiger partial charge on any atom is 0.374 e. The van der Waals surface area contributed by atoms with Gasteiger partial charge in [0, 0.05) is 42.0 Å². The Balaban J connectivity index is 1.59. The highest BCUT2D eigenvalue weighted by atomic mass is 16.6. The Labute approximate surface area is 210 Å². The number of fused-ring (bicyclic) bond motifs is 2. The first-order chi connectivity index (χ1) is 17.3. The van der Waals surface area contributed by atoms with E-state index in [1.54, 1.807) is 12.1 Å². The second kappa shape index (κ2) is 9.11. The Bertz CT molecular complexity index is 1510. The third kappa shape index (κ3) is 3.98. The van der Waals surface area contributed by atoms with Gasteiger partial charge >= 0.3 is 5.89 Å². The molecule has 0 N–H and O–H groups in total. The van der Waals surface area contributed by atoms with E-state index in [0.29, 0.717) is 0 Å². The summed E-state index contributed by atoms with van der Waals surface area (Å²) in [6, 6.07) is 21.7. The molecule has 0 saturated carbocycles. The minimum absolute atomic E-state index is 0.111. The normalized spacial score (nSPS) is 18.4. The number of nitro groups is 1.